The molecule has 1 aromatic rings. The van der Waals surface area contributed by atoms with Crippen molar-refractivity contribution in [3.8, 4) is 5.75 Å². The fourth-order valence-electron chi connectivity index (χ4n) is 6.68. The Balaban J connectivity index is 1.25. The van der Waals surface area contributed by atoms with Crippen LogP contribution in [-0.2, 0) is 11.2 Å². The fourth-order valence-corrected chi connectivity index (χ4v) is 6.68. The Kier molecular flexibility index (Phi) is 13.4. The predicted molar refractivity (Wildman–Crippen MR) is 153 cm³/mol. The van der Waals surface area contributed by atoms with Gasteiger partial charge in [-0.25, -0.2) is 0 Å². The molecule has 1 aromatic carbocycles. The van der Waals surface area contributed by atoms with Gasteiger partial charge in [-0.05, 0) is 79.9 Å². The Hall–Kier alpha value is -1.31. The number of esters is 1. The molecule has 0 unspecified atom stereocenters. The van der Waals surface area contributed by atoms with Crippen LogP contribution in [0.4, 0.5) is 0 Å². The molecule has 36 heavy (non-hydrogen) atoms. The molecular formula is C34H56O2. The molecular weight excluding hydrogens is 440 g/mol. The summed E-state index contributed by atoms with van der Waals surface area (Å²) in [6.45, 7) is 6.92. The van der Waals surface area contributed by atoms with E-state index in [4.69, 9.17) is 4.74 Å². The van der Waals surface area contributed by atoms with E-state index in [-0.39, 0.29) is 11.9 Å². The molecule has 2 aliphatic rings. The minimum atomic E-state index is -0.0107. The topological polar surface area (TPSA) is 26.3 Å². The van der Waals surface area contributed by atoms with Crippen molar-refractivity contribution >= 4 is 5.97 Å². The van der Waals surface area contributed by atoms with E-state index in [1.165, 1.54) is 108 Å². The Bertz CT molecular complexity index is 705. The van der Waals surface area contributed by atoms with Gasteiger partial charge in [-0.15, -0.1) is 0 Å². The normalized spacial score (nSPS) is 24.7. The Morgan fingerprint density at radius 2 is 1.28 bits per heavy atom. The highest BCUT2D eigenvalue weighted by Gasteiger charge is 2.27. The standard InChI is InChI=1S/C34H56O2/c1-4-5-6-11-28-15-17-29(18-16-28)12-7-8-13-30-21-25-33(26-22-30)36-34(35)32-23-19-31(20-24-32)14-9-10-27(2)3/h21-22,25-29,31-32H,4-20,23-24H2,1-3H3. The Labute approximate surface area is 223 Å². The van der Waals surface area contributed by atoms with Gasteiger partial charge in [-0.3, -0.25) is 4.79 Å². The van der Waals surface area contributed by atoms with Crippen molar-refractivity contribution in [1.82, 2.24) is 0 Å². The molecule has 0 amide bonds. The summed E-state index contributed by atoms with van der Waals surface area (Å²) in [6.07, 6.45) is 25.2. The van der Waals surface area contributed by atoms with Crippen molar-refractivity contribution in [1.29, 1.82) is 0 Å². The summed E-state index contributed by atoms with van der Waals surface area (Å²) in [4.78, 5) is 12.7. The largest absolute Gasteiger partial charge is 0.426 e. The number of benzene rings is 1. The summed E-state index contributed by atoms with van der Waals surface area (Å²) < 4.78 is 5.76. The van der Waals surface area contributed by atoms with Crippen molar-refractivity contribution in [2.45, 2.75) is 143 Å². The summed E-state index contributed by atoms with van der Waals surface area (Å²) in [5.74, 6) is 4.42. The maximum Gasteiger partial charge on any atom is 0.314 e. The first-order valence-corrected chi connectivity index (χ1v) is 15.8. The van der Waals surface area contributed by atoms with Crippen LogP contribution in [0.2, 0.25) is 0 Å². The third-order valence-electron chi connectivity index (χ3n) is 9.23. The molecule has 2 heteroatoms. The van der Waals surface area contributed by atoms with Crippen molar-refractivity contribution in [3.05, 3.63) is 29.8 Å². The third-order valence-corrected chi connectivity index (χ3v) is 9.23. The number of hydrogen-bond donors (Lipinski definition) is 0. The van der Waals surface area contributed by atoms with Gasteiger partial charge in [0, 0.05) is 0 Å². The summed E-state index contributed by atoms with van der Waals surface area (Å²) in [5.41, 5.74) is 1.37. The highest BCUT2D eigenvalue weighted by molar-refractivity contribution is 5.75. The summed E-state index contributed by atoms with van der Waals surface area (Å²) in [7, 11) is 0. The highest BCUT2D eigenvalue weighted by atomic mass is 16.5. The maximum absolute atomic E-state index is 12.7. The van der Waals surface area contributed by atoms with Crippen LogP contribution in [0.5, 0.6) is 5.75 Å². The second kappa shape index (κ2) is 16.5. The number of unbranched alkanes of at least 4 members (excludes halogenated alkanes) is 3. The lowest BCUT2D eigenvalue weighted by Crippen LogP contribution is -2.25. The van der Waals surface area contributed by atoms with E-state index < -0.39 is 0 Å². The number of rotatable bonds is 15. The first-order chi connectivity index (χ1) is 17.5. The van der Waals surface area contributed by atoms with Crippen molar-refractivity contribution in [2.75, 3.05) is 0 Å². The number of hydrogen-bond acceptors (Lipinski definition) is 2. The lowest BCUT2D eigenvalue weighted by Gasteiger charge is -2.28. The number of carbonyl (C=O) groups is 1. The fraction of sp³-hybridized carbons (Fsp3) is 0.794. The van der Waals surface area contributed by atoms with Crippen LogP contribution in [-0.4, -0.2) is 5.97 Å². The van der Waals surface area contributed by atoms with Gasteiger partial charge in [-0.1, -0.05) is 116 Å². The second-order valence-corrected chi connectivity index (χ2v) is 12.7. The van der Waals surface area contributed by atoms with Crippen molar-refractivity contribution in [2.24, 2.45) is 29.6 Å². The number of ether oxygens (including phenoxy) is 1. The van der Waals surface area contributed by atoms with E-state index in [2.05, 4.69) is 32.9 Å². The van der Waals surface area contributed by atoms with Gasteiger partial charge in [0.1, 0.15) is 5.75 Å². The predicted octanol–water partition coefficient (Wildman–Crippen LogP) is 10.3. The molecule has 204 valence electrons. The molecule has 3 rings (SSSR count). The smallest absolute Gasteiger partial charge is 0.314 e. The minimum Gasteiger partial charge on any atom is -0.426 e. The number of carbonyl (C=O) groups excluding carboxylic acids is 1. The summed E-state index contributed by atoms with van der Waals surface area (Å²) in [5, 5.41) is 0. The summed E-state index contributed by atoms with van der Waals surface area (Å²) in [6, 6.07) is 8.33. The van der Waals surface area contributed by atoms with E-state index in [1.807, 2.05) is 12.1 Å². The van der Waals surface area contributed by atoms with Crippen LogP contribution in [0.25, 0.3) is 0 Å². The first-order valence-electron chi connectivity index (χ1n) is 15.8. The lowest BCUT2D eigenvalue weighted by atomic mass is 9.78. The Morgan fingerprint density at radius 3 is 1.83 bits per heavy atom. The second-order valence-electron chi connectivity index (χ2n) is 12.7. The molecule has 0 heterocycles. The highest BCUT2D eigenvalue weighted by Crippen LogP contribution is 2.35. The first kappa shape index (κ1) is 29.2. The average Bonchev–Trinajstić information content (AvgIpc) is 2.89. The molecule has 2 fully saturated rings. The zero-order valence-electron chi connectivity index (χ0n) is 23.9. The van der Waals surface area contributed by atoms with E-state index in [0.29, 0.717) is 0 Å². The maximum atomic E-state index is 12.7. The van der Waals surface area contributed by atoms with E-state index in [0.717, 1.165) is 48.7 Å². The van der Waals surface area contributed by atoms with Gasteiger partial charge < -0.3 is 4.74 Å². The van der Waals surface area contributed by atoms with Gasteiger partial charge in [0.05, 0.1) is 5.92 Å². The molecule has 0 N–H and O–H groups in total. The molecule has 0 saturated heterocycles. The quantitative estimate of drug-likeness (QED) is 0.137. The number of aryl methyl sites for hydroxylation is 1. The van der Waals surface area contributed by atoms with Crippen LogP contribution < -0.4 is 4.74 Å². The van der Waals surface area contributed by atoms with Gasteiger partial charge in [0.2, 0.25) is 0 Å². The molecule has 2 aliphatic carbocycles. The lowest BCUT2D eigenvalue weighted by molar-refractivity contribution is -0.140. The molecule has 0 aliphatic heterocycles. The van der Waals surface area contributed by atoms with Crippen molar-refractivity contribution in [3.63, 3.8) is 0 Å². The van der Waals surface area contributed by atoms with Crippen LogP contribution in [0.15, 0.2) is 24.3 Å². The van der Waals surface area contributed by atoms with E-state index in [9.17, 15) is 4.79 Å². The van der Waals surface area contributed by atoms with Gasteiger partial charge in [0.25, 0.3) is 0 Å². The molecule has 0 spiro atoms. The SMILES string of the molecule is CCCCCC1CCC(CCCCc2ccc(OC(=O)C3CCC(CCCC(C)C)CC3)cc2)CC1. The van der Waals surface area contributed by atoms with Crippen LogP contribution in [0.1, 0.15) is 142 Å². The third kappa shape index (κ3) is 11.0. The van der Waals surface area contributed by atoms with Crippen molar-refractivity contribution < 1.29 is 9.53 Å². The van der Waals surface area contributed by atoms with Gasteiger partial charge >= 0.3 is 5.97 Å². The molecule has 2 saturated carbocycles. The zero-order valence-corrected chi connectivity index (χ0v) is 23.9. The van der Waals surface area contributed by atoms with Gasteiger partial charge in [-0.2, -0.15) is 0 Å². The van der Waals surface area contributed by atoms with E-state index >= 15 is 0 Å². The molecule has 2 nitrogen and oxygen atoms in total. The average molecular weight is 497 g/mol. The summed E-state index contributed by atoms with van der Waals surface area (Å²) >= 11 is 0. The molecule has 0 atom stereocenters. The molecule has 0 bridgehead atoms. The zero-order chi connectivity index (χ0) is 25.6. The van der Waals surface area contributed by atoms with Gasteiger partial charge in [0.15, 0.2) is 0 Å². The Morgan fingerprint density at radius 1 is 0.750 bits per heavy atom. The van der Waals surface area contributed by atoms with Crippen LogP contribution in [0.3, 0.4) is 0 Å². The molecule has 0 radical (unpaired) electrons. The monoisotopic (exact) mass is 496 g/mol. The van der Waals surface area contributed by atoms with Crippen LogP contribution in [0, 0.1) is 29.6 Å². The molecule has 0 aromatic heterocycles. The van der Waals surface area contributed by atoms with E-state index in [1.54, 1.807) is 0 Å². The minimum absolute atomic E-state index is 0.0107. The van der Waals surface area contributed by atoms with Crippen LogP contribution >= 0.6 is 0 Å².